The molecule has 0 spiro atoms. The third kappa shape index (κ3) is 14.0. The monoisotopic (exact) mass is 147 g/mol. The zero-order valence-electron chi connectivity index (χ0n) is 3.02. The zero-order chi connectivity index (χ0) is 3.41. The van der Waals surface area contributed by atoms with Gasteiger partial charge in [0.15, 0.2) is 0 Å². The van der Waals surface area contributed by atoms with Crippen molar-refractivity contribution >= 4 is 0 Å². The van der Waals surface area contributed by atoms with Gasteiger partial charge in [0.2, 0.25) is 0 Å². The Hall–Kier alpha value is 0.220. The van der Waals surface area contributed by atoms with Gasteiger partial charge in [0.05, 0.1) is 0 Å². The third-order valence-electron chi connectivity index (χ3n) is 0.167. The van der Waals surface area contributed by atoms with Crippen molar-refractivity contribution in [3.63, 3.8) is 0 Å². The minimum Gasteiger partial charge on any atom is -0.0991 e. The van der Waals surface area contributed by atoms with Crippen molar-refractivity contribution in [1.29, 1.82) is 0 Å². The first-order valence-electron chi connectivity index (χ1n) is 1.15. The van der Waals surface area contributed by atoms with Gasteiger partial charge in [-0.2, -0.15) is 0 Å². The smallest absolute Gasteiger partial charge is 0 e. The third-order valence-corrected chi connectivity index (χ3v) is 0.167. The van der Waals surface area contributed by atoms with Crippen LogP contribution in [0.2, 0.25) is 0 Å². The largest absolute Gasteiger partial charge is 0.0991 e. The first-order valence-corrected chi connectivity index (χ1v) is 1.15. The Labute approximate surface area is 48.1 Å². The van der Waals surface area contributed by atoms with Gasteiger partial charge >= 0.3 is 0 Å². The predicted molar refractivity (Wildman–Crippen MR) is 20.4 cm³/mol. The minimum absolute atomic E-state index is 0. The average Bonchev–Trinajstić information content (AvgIpc) is 1.37. The van der Waals surface area contributed by atoms with E-state index in [4.69, 9.17) is 0 Å². The fraction of sp³-hybridized carbons (Fsp3) is 0. The van der Waals surface area contributed by atoms with Crippen molar-refractivity contribution in [3.05, 3.63) is 25.3 Å². The molecule has 0 aromatic carbocycles. The first-order chi connectivity index (χ1) is 1.91. The molecular weight excluding hydrogens is 141 g/mol. The topological polar surface area (TPSA) is 0 Å². The molecule has 0 bridgehead atoms. The second-order valence-electron chi connectivity index (χ2n) is 0.471. The van der Waals surface area contributed by atoms with E-state index in [2.05, 4.69) is 13.2 Å². The molecular formula is C4H6Nb. The van der Waals surface area contributed by atoms with Crippen LogP contribution in [0.3, 0.4) is 0 Å². The number of hydrogen-bond donors (Lipinski definition) is 0. The molecule has 0 heterocycles. The normalized spacial score (nSPS) is 4.00. The van der Waals surface area contributed by atoms with Crippen molar-refractivity contribution in [2.24, 2.45) is 0 Å². The van der Waals surface area contributed by atoms with Crippen molar-refractivity contribution in [3.8, 4) is 0 Å². The molecule has 0 N–H and O–H groups in total. The predicted octanol–water partition coefficient (Wildman–Crippen LogP) is 1.36. The summed E-state index contributed by atoms with van der Waals surface area (Å²) in [5.74, 6) is 0. The summed E-state index contributed by atoms with van der Waals surface area (Å²) in [6.07, 6.45) is 3.28. The standard InChI is InChI=1S/C4H6.Nb/c1-3-4-2;/h3-4H,1-2H2;. The molecule has 0 aromatic rings. The summed E-state index contributed by atoms with van der Waals surface area (Å²) in [5, 5.41) is 0. The Balaban J connectivity index is 0. The summed E-state index contributed by atoms with van der Waals surface area (Å²) in [6, 6.07) is 0. The molecule has 0 amide bonds. The van der Waals surface area contributed by atoms with Gasteiger partial charge in [-0.15, -0.1) is 0 Å². The van der Waals surface area contributed by atoms with Gasteiger partial charge in [-0.25, -0.2) is 0 Å². The summed E-state index contributed by atoms with van der Waals surface area (Å²) in [5.41, 5.74) is 0. The first kappa shape index (κ1) is 8.97. The maximum Gasteiger partial charge on any atom is 0 e. The van der Waals surface area contributed by atoms with Gasteiger partial charge in [0.1, 0.15) is 0 Å². The molecule has 5 heavy (non-hydrogen) atoms. The Morgan fingerprint density at radius 1 is 1.00 bits per heavy atom. The van der Waals surface area contributed by atoms with E-state index >= 15 is 0 Å². The summed E-state index contributed by atoms with van der Waals surface area (Å²) in [7, 11) is 0. The molecule has 0 fully saturated rings. The Bertz CT molecular complexity index is 24.6. The van der Waals surface area contributed by atoms with Crippen LogP contribution in [-0.4, -0.2) is 0 Å². The van der Waals surface area contributed by atoms with Gasteiger partial charge in [-0.1, -0.05) is 25.3 Å². The molecule has 0 atom stereocenters. The Morgan fingerprint density at radius 3 is 1.20 bits per heavy atom. The maximum atomic E-state index is 3.36. The van der Waals surface area contributed by atoms with E-state index in [-0.39, 0.29) is 22.4 Å². The molecule has 0 saturated carbocycles. The van der Waals surface area contributed by atoms with Crippen LogP contribution in [0.1, 0.15) is 0 Å². The fourth-order valence-electron chi connectivity index (χ4n) is 0. The maximum absolute atomic E-state index is 3.36. The van der Waals surface area contributed by atoms with Crippen LogP contribution < -0.4 is 0 Å². The molecule has 1 radical (unpaired) electrons. The van der Waals surface area contributed by atoms with E-state index in [0.717, 1.165) is 0 Å². The summed E-state index contributed by atoms with van der Waals surface area (Å²) in [6.45, 7) is 6.72. The molecule has 27 valence electrons. The van der Waals surface area contributed by atoms with Crippen molar-refractivity contribution in [2.45, 2.75) is 0 Å². The molecule has 0 saturated heterocycles. The van der Waals surface area contributed by atoms with Crippen molar-refractivity contribution < 1.29 is 22.4 Å². The van der Waals surface area contributed by atoms with Crippen molar-refractivity contribution in [1.82, 2.24) is 0 Å². The fourth-order valence-corrected chi connectivity index (χ4v) is 0. The summed E-state index contributed by atoms with van der Waals surface area (Å²) >= 11 is 0. The molecule has 0 aliphatic heterocycles. The zero-order valence-corrected chi connectivity index (χ0v) is 5.21. The molecule has 0 aliphatic carbocycles. The van der Waals surface area contributed by atoms with Gasteiger partial charge < -0.3 is 0 Å². The van der Waals surface area contributed by atoms with E-state index in [1.165, 1.54) is 0 Å². The molecule has 0 rings (SSSR count). The van der Waals surface area contributed by atoms with E-state index in [1.54, 1.807) is 12.2 Å². The SMILES string of the molecule is C=CC=C.[Nb]. The molecule has 0 aromatic heterocycles. The van der Waals surface area contributed by atoms with E-state index in [0.29, 0.717) is 0 Å². The van der Waals surface area contributed by atoms with Gasteiger partial charge in [-0.3, -0.25) is 0 Å². The second kappa shape index (κ2) is 8.88. The summed E-state index contributed by atoms with van der Waals surface area (Å²) < 4.78 is 0. The van der Waals surface area contributed by atoms with Crippen LogP contribution in [0.5, 0.6) is 0 Å². The van der Waals surface area contributed by atoms with Gasteiger partial charge in [-0.05, 0) is 0 Å². The molecule has 0 unspecified atom stereocenters. The van der Waals surface area contributed by atoms with Crippen LogP contribution in [0, 0.1) is 0 Å². The van der Waals surface area contributed by atoms with Crippen molar-refractivity contribution in [2.75, 3.05) is 0 Å². The van der Waals surface area contributed by atoms with Crippen LogP contribution in [0.25, 0.3) is 0 Å². The second-order valence-corrected chi connectivity index (χ2v) is 0.471. The van der Waals surface area contributed by atoms with Crippen LogP contribution in [0.15, 0.2) is 25.3 Å². The van der Waals surface area contributed by atoms with E-state index in [9.17, 15) is 0 Å². The number of hydrogen-bond acceptors (Lipinski definition) is 0. The minimum atomic E-state index is 0. The Morgan fingerprint density at radius 2 is 1.20 bits per heavy atom. The number of allylic oxidation sites excluding steroid dienone is 2. The Kier molecular flexibility index (Phi) is 15.9. The number of rotatable bonds is 1. The van der Waals surface area contributed by atoms with Gasteiger partial charge in [0, 0.05) is 22.4 Å². The van der Waals surface area contributed by atoms with Crippen LogP contribution in [-0.2, 0) is 22.4 Å². The molecule has 1 heteroatoms. The summed E-state index contributed by atoms with van der Waals surface area (Å²) in [4.78, 5) is 0. The van der Waals surface area contributed by atoms with Crippen LogP contribution in [0.4, 0.5) is 0 Å². The van der Waals surface area contributed by atoms with Crippen LogP contribution >= 0.6 is 0 Å². The van der Waals surface area contributed by atoms with Gasteiger partial charge in [0.25, 0.3) is 0 Å². The van der Waals surface area contributed by atoms with E-state index in [1.807, 2.05) is 0 Å². The molecule has 0 aliphatic rings. The average molecular weight is 147 g/mol. The molecule has 0 nitrogen and oxygen atoms in total. The van der Waals surface area contributed by atoms with E-state index < -0.39 is 0 Å². The quantitative estimate of drug-likeness (QED) is 0.388.